The number of carbonyl (C=O) groups is 1. The minimum absolute atomic E-state index is 0.115. The molecule has 5 atom stereocenters. The number of ketones is 1. The smallest absolute Gasteiger partial charge is 0.141 e. The first-order chi connectivity index (χ1) is 16.0. The molecule has 2 aliphatic rings. The molecule has 4 rings (SSSR count). The standard InChI is InChI=1S/C28H35F3N2O/c1-17-12-19(13-18(2)33(17)22-9-6-20(29)7-10-22)27(34)25-16-32(28(3,4)5)15-24(25)23-11-8-21(30)14-26(23)31/h6-11,14,17-19,24-25H,12-13,15-16H2,1-5H3/t17-,18+,19?,24-,25+/m0/s1. The number of rotatable bonds is 4. The number of likely N-dealkylation sites (tertiary alicyclic amines) is 1. The Morgan fingerprint density at radius 3 is 2.03 bits per heavy atom. The molecule has 2 fully saturated rings. The number of benzene rings is 2. The average Bonchev–Trinajstić information content (AvgIpc) is 3.19. The zero-order chi connectivity index (χ0) is 24.8. The molecule has 0 aliphatic carbocycles. The molecule has 34 heavy (non-hydrogen) atoms. The van der Waals surface area contributed by atoms with Gasteiger partial charge in [-0.2, -0.15) is 0 Å². The summed E-state index contributed by atoms with van der Waals surface area (Å²) in [5.41, 5.74) is 1.23. The molecule has 2 saturated heterocycles. The number of nitrogens with zero attached hydrogens (tertiary/aromatic N) is 2. The molecule has 0 amide bonds. The molecule has 0 N–H and O–H groups in total. The van der Waals surface area contributed by atoms with Crippen molar-refractivity contribution in [2.45, 2.75) is 71.0 Å². The van der Waals surface area contributed by atoms with Crippen LogP contribution in [0.15, 0.2) is 42.5 Å². The number of piperidine rings is 1. The lowest BCUT2D eigenvalue weighted by atomic mass is 9.75. The monoisotopic (exact) mass is 472 g/mol. The zero-order valence-corrected chi connectivity index (χ0v) is 20.7. The van der Waals surface area contributed by atoms with Crippen LogP contribution in [0.1, 0.15) is 58.9 Å². The Bertz CT molecular complexity index is 1020. The molecule has 3 nitrogen and oxygen atoms in total. The SMILES string of the molecule is C[C@@H]1CC(C(=O)[C@@H]2CN(C(C)(C)C)C[C@H]2c2ccc(F)cc2F)C[C@H](C)N1c1ccc(F)cc1. The van der Waals surface area contributed by atoms with E-state index in [9.17, 15) is 18.0 Å². The Labute approximate surface area is 200 Å². The number of anilines is 1. The maximum Gasteiger partial charge on any atom is 0.141 e. The molecule has 1 unspecified atom stereocenters. The van der Waals surface area contributed by atoms with Crippen molar-refractivity contribution in [1.82, 2.24) is 4.90 Å². The van der Waals surface area contributed by atoms with E-state index in [-0.39, 0.29) is 47.0 Å². The molecule has 0 bridgehead atoms. The van der Waals surface area contributed by atoms with Crippen molar-refractivity contribution < 1.29 is 18.0 Å². The van der Waals surface area contributed by atoms with Crippen molar-refractivity contribution in [2.24, 2.45) is 11.8 Å². The molecule has 0 spiro atoms. The van der Waals surface area contributed by atoms with Gasteiger partial charge in [-0.15, -0.1) is 0 Å². The lowest BCUT2D eigenvalue weighted by Crippen LogP contribution is -2.49. The largest absolute Gasteiger partial charge is 0.366 e. The maximum atomic E-state index is 14.8. The first kappa shape index (κ1) is 24.8. The number of hydrogen-bond donors (Lipinski definition) is 0. The van der Waals surface area contributed by atoms with Crippen LogP contribution in [0.4, 0.5) is 18.9 Å². The first-order valence-corrected chi connectivity index (χ1v) is 12.2. The molecule has 2 aliphatic heterocycles. The van der Waals surface area contributed by atoms with Gasteiger partial charge in [-0.1, -0.05) is 6.07 Å². The van der Waals surface area contributed by atoms with Crippen LogP contribution in [0, 0.1) is 29.3 Å². The molecule has 0 aromatic heterocycles. The Kier molecular flexibility index (Phi) is 6.83. The summed E-state index contributed by atoms with van der Waals surface area (Å²) < 4.78 is 41.8. The van der Waals surface area contributed by atoms with E-state index in [4.69, 9.17) is 0 Å². The van der Waals surface area contributed by atoms with Gasteiger partial charge in [-0.3, -0.25) is 9.69 Å². The molecule has 2 heterocycles. The minimum Gasteiger partial charge on any atom is -0.366 e. The minimum atomic E-state index is -0.606. The summed E-state index contributed by atoms with van der Waals surface area (Å²) in [4.78, 5) is 18.4. The highest BCUT2D eigenvalue weighted by Gasteiger charge is 2.46. The average molecular weight is 473 g/mol. The Morgan fingerprint density at radius 2 is 1.47 bits per heavy atom. The van der Waals surface area contributed by atoms with Crippen LogP contribution in [0.5, 0.6) is 0 Å². The van der Waals surface area contributed by atoms with Crippen molar-refractivity contribution in [3.63, 3.8) is 0 Å². The van der Waals surface area contributed by atoms with Gasteiger partial charge in [0.25, 0.3) is 0 Å². The maximum absolute atomic E-state index is 14.8. The van der Waals surface area contributed by atoms with Crippen LogP contribution in [0.25, 0.3) is 0 Å². The summed E-state index contributed by atoms with van der Waals surface area (Å²) in [6.07, 6.45) is 1.40. The van der Waals surface area contributed by atoms with Crippen LogP contribution in [0.2, 0.25) is 0 Å². The van der Waals surface area contributed by atoms with Crippen molar-refractivity contribution >= 4 is 11.5 Å². The quantitative estimate of drug-likeness (QED) is 0.531. The van der Waals surface area contributed by atoms with Crippen LogP contribution < -0.4 is 4.90 Å². The van der Waals surface area contributed by atoms with Crippen LogP contribution in [-0.2, 0) is 4.79 Å². The van der Waals surface area contributed by atoms with Gasteiger partial charge in [0.2, 0.25) is 0 Å². The van der Waals surface area contributed by atoms with E-state index >= 15 is 0 Å². The summed E-state index contributed by atoms with van der Waals surface area (Å²) in [7, 11) is 0. The van der Waals surface area contributed by atoms with Gasteiger partial charge < -0.3 is 4.90 Å². The summed E-state index contributed by atoms with van der Waals surface area (Å²) in [6, 6.07) is 10.4. The molecular weight excluding hydrogens is 437 g/mol. The van der Waals surface area contributed by atoms with Crippen LogP contribution in [-0.4, -0.2) is 41.4 Å². The third-order valence-electron chi connectivity index (χ3n) is 7.72. The van der Waals surface area contributed by atoms with Gasteiger partial charge in [0, 0.05) is 60.2 Å². The Morgan fingerprint density at radius 1 is 0.882 bits per heavy atom. The van der Waals surface area contributed by atoms with Crippen molar-refractivity contribution in [2.75, 3.05) is 18.0 Å². The summed E-state index contributed by atoms with van der Waals surface area (Å²) in [5, 5.41) is 0. The Hall–Kier alpha value is -2.34. The topological polar surface area (TPSA) is 23.6 Å². The van der Waals surface area contributed by atoms with E-state index < -0.39 is 11.6 Å². The summed E-state index contributed by atoms with van der Waals surface area (Å²) >= 11 is 0. The third kappa shape index (κ3) is 4.88. The van der Waals surface area contributed by atoms with Gasteiger partial charge in [-0.05, 0) is 83.4 Å². The fourth-order valence-corrected chi connectivity index (χ4v) is 6.00. The van der Waals surface area contributed by atoms with Gasteiger partial charge in [0.1, 0.15) is 23.2 Å². The van der Waals surface area contributed by atoms with E-state index in [1.807, 2.05) is 0 Å². The lowest BCUT2D eigenvalue weighted by Gasteiger charge is -2.44. The van der Waals surface area contributed by atoms with E-state index in [2.05, 4.69) is 44.4 Å². The normalized spacial score (nSPS) is 28.4. The van der Waals surface area contributed by atoms with E-state index in [0.29, 0.717) is 31.5 Å². The third-order valence-corrected chi connectivity index (χ3v) is 7.72. The summed E-state index contributed by atoms with van der Waals surface area (Å²) in [6.45, 7) is 11.7. The first-order valence-electron chi connectivity index (χ1n) is 12.2. The molecular formula is C28H35F3N2O. The predicted molar refractivity (Wildman–Crippen MR) is 129 cm³/mol. The lowest BCUT2D eigenvalue weighted by molar-refractivity contribution is -0.128. The number of halogens is 3. The highest BCUT2D eigenvalue weighted by Crippen LogP contribution is 2.42. The van der Waals surface area contributed by atoms with Gasteiger partial charge in [-0.25, -0.2) is 13.2 Å². The number of Topliss-reactive ketones (excluding diaryl/α,β-unsaturated/α-hetero) is 1. The van der Waals surface area contributed by atoms with Crippen molar-refractivity contribution in [3.8, 4) is 0 Å². The molecule has 0 radical (unpaired) electrons. The Balaban J connectivity index is 1.58. The predicted octanol–water partition coefficient (Wildman–Crippen LogP) is 6.18. The highest BCUT2D eigenvalue weighted by molar-refractivity contribution is 5.85. The van der Waals surface area contributed by atoms with Gasteiger partial charge >= 0.3 is 0 Å². The van der Waals surface area contributed by atoms with Crippen molar-refractivity contribution in [1.29, 1.82) is 0 Å². The molecule has 0 saturated carbocycles. The van der Waals surface area contributed by atoms with Crippen LogP contribution >= 0.6 is 0 Å². The second kappa shape index (κ2) is 9.37. The number of hydrogen-bond acceptors (Lipinski definition) is 3. The number of carbonyl (C=O) groups excluding carboxylic acids is 1. The zero-order valence-electron chi connectivity index (χ0n) is 20.7. The fourth-order valence-electron chi connectivity index (χ4n) is 6.00. The molecule has 2 aromatic rings. The fraction of sp³-hybridized carbons (Fsp3) is 0.536. The van der Waals surface area contributed by atoms with Gasteiger partial charge in [0.05, 0.1) is 0 Å². The summed E-state index contributed by atoms with van der Waals surface area (Å²) in [5.74, 6) is -2.03. The van der Waals surface area contributed by atoms with E-state index in [0.717, 1.165) is 11.8 Å². The second-order valence-corrected chi connectivity index (χ2v) is 11.1. The molecule has 184 valence electrons. The van der Waals surface area contributed by atoms with E-state index in [1.165, 1.54) is 24.3 Å². The second-order valence-electron chi connectivity index (χ2n) is 11.1. The van der Waals surface area contributed by atoms with Crippen LogP contribution in [0.3, 0.4) is 0 Å². The van der Waals surface area contributed by atoms with E-state index in [1.54, 1.807) is 12.1 Å². The van der Waals surface area contributed by atoms with Gasteiger partial charge in [0.15, 0.2) is 0 Å². The van der Waals surface area contributed by atoms with Crippen molar-refractivity contribution in [3.05, 3.63) is 65.5 Å². The highest BCUT2D eigenvalue weighted by atomic mass is 19.1. The molecule has 6 heteroatoms. The molecule has 2 aromatic carbocycles.